The fourth-order valence-electron chi connectivity index (χ4n) is 2.68. The first kappa shape index (κ1) is 19.2. The minimum atomic E-state index is -0.182. The van der Waals surface area contributed by atoms with E-state index in [4.69, 9.17) is 9.47 Å². The fourth-order valence-corrected chi connectivity index (χ4v) is 3.29. The molecule has 0 saturated heterocycles. The van der Waals surface area contributed by atoms with Gasteiger partial charge in [-0.3, -0.25) is 4.79 Å². The van der Waals surface area contributed by atoms with Crippen molar-refractivity contribution in [2.24, 2.45) is 0 Å². The molecule has 1 amide bonds. The number of ether oxygens (including phenoxy) is 2. The number of amides is 1. The first-order valence-electron chi connectivity index (χ1n) is 8.81. The van der Waals surface area contributed by atoms with Gasteiger partial charge in [0.25, 0.3) is 5.91 Å². The summed E-state index contributed by atoms with van der Waals surface area (Å²) in [5, 5.41) is 4.97. The van der Waals surface area contributed by atoms with Crippen molar-refractivity contribution in [1.82, 2.24) is 5.32 Å². The molecule has 0 saturated carbocycles. The second-order valence-electron chi connectivity index (χ2n) is 6.33. The Hall–Kier alpha value is -2.53. The van der Waals surface area contributed by atoms with Crippen LogP contribution in [-0.4, -0.2) is 25.7 Å². The van der Waals surface area contributed by atoms with Crippen LogP contribution in [0.3, 0.4) is 0 Å². The number of aryl methyl sites for hydroxylation is 2. The average molecular weight is 428 g/mol. The van der Waals surface area contributed by atoms with Crippen LogP contribution in [0.15, 0.2) is 59.1 Å². The SMILES string of the molecule is Cc1ccc(OCCNC(=O)COc2ccc3ccccc3c2Br)cc1C. The summed E-state index contributed by atoms with van der Waals surface area (Å²) in [5.41, 5.74) is 2.42. The summed E-state index contributed by atoms with van der Waals surface area (Å²) in [6.07, 6.45) is 0. The first-order valence-corrected chi connectivity index (χ1v) is 9.60. The van der Waals surface area contributed by atoms with Gasteiger partial charge in [-0.15, -0.1) is 0 Å². The number of hydrogen-bond acceptors (Lipinski definition) is 3. The lowest BCUT2D eigenvalue weighted by atomic mass is 10.1. The maximum absolute atomic E-state index is 12.0. The van der Waals surface area contributed by atoms with E-state index in [1.165, 1.54) is 11.1 Å². The summed E-state index contributed by atoms with van der Waals surface area (Å²) >= 11 is 3.56. The van der Waals surface area contributed by atoms with E-state index in [2.05, 4.69) is 28.2 Å². The normalized spacial score (nSPS) is 10.6. The monoisotopic (exact) mass is 427 g/mol. The summed E-state index contributed by atoms with van der Waals surface area (Å²) in [6, 6.07) is 17.8. The fraction of sp³-hybridized carbons (Fsp3) is 0.227. The Morgan fingerprint density at radius 1 is 1.00 bits per heavy atom. The second-order valence-corrected chi connectivity index (χ2v) is 7.12. The Balaban J connectivity index is 1.44. The minimum Gasteiger partial charge on any atom is -0.492 e. The number of carbonyl (C=O) groups is 1. The molecule has 0 radical (unpaired) electrons. The molecule has 3 aromatic rings. The molecule has 0 atom stereocenters. The van der Waals surface area contributed by atoms with E-state index >= 15 is 0 Å². The summed E-state index contributed by atoms with van der Waals surface area (Å²) in [6.45, 7) is 4.90. The molecule has 0 aliphatic rings. The van der Waals surface area contributed by atoms with E-state index in [0.29, 0.717) is 18.9 Å². The van der Waals surface area contributed by atoms with Gasteiger partial charge in [0.2, 0.25) is 0 Å². The smallest absolute Gasteiger partial charge is 0.258 e. The molecule has 0 aromatic heterocycles. The van der Waals surface area contributed by atoms with Crippen LogP contribution in [0.2, 0.25) is 0 Å². The third-order valence-electron chi connectivity index (χ3n) is 4.36. The highest BCUT2D eigenvalue weighted by molar-refractivity contribution is 9.10. The van der Waals surface area contributed by atoms with Crippen LogP contribution < -0.4 is 14.8 Å². The lowest BCUT2D eigenvalue weighted by Crippen LogP contribution is -2.32. The van der Waals surface area contributed by atoms with Crippen LogP contribution in [0.1, 0.15) is 11.1 Å². The highest BCUT2D eigenvalue weighted by Gasteiger charge is 2.08. The topological polar surface area (TPSA) is 47.6 Å². The van der Waals surface area contributed by atoms with E-state index < -0.39 is 0 Å². The molecule has 3 aromatic carbocycles. The molecule has 5 heteroatoms. The van der Waals surface area contributed by atoms with Crippen molar-refractivity contribution in [2.45, 2.75) is 13.8 Å². The number of hydrogen-bond donors (Lipinski definition) is 1. The zero-order valence-corrected chi connectivity index (χ0v) is 17.0. The number of carbonyl (C=O) groups excluding carboxylic acids is 1. The van der Waals surface area contributed by atoms with E-state index in [0.717, 1.165) is 21.0 Å². The van der Waals surface area contributed by atoms with Gasteiger partial charge in [-0.2, -0.15) is 0 Å². The highest BCUT2D eigenvalue weighted by atomic mass is 79.9. The van der Waals surface area contributed by atoms with E-state index in [1.807, 2.05) is 61.5 Å². The molecule has 3 rings (SSSR count). The molecule has 27 heavy (non-hydrogen) atoms. The van der Waals surface area contributed by atoms with Gasteiger partial charge >= 0.3 is 0 Å². The number of nitrogens with one attached hydrogen (secondary N) is 1. The molecular weight excluding hydrogens is 406 g/mol. The van der Waals surface area contributed by atoms with E-state index in [-0.39, 0.29) is 12.5 Å². The van der Waals surface area contributed by atoms with Crippen LogP contribution in [-0.2, 0) is 4.79 Å². The number of halogens is 1. The van der Waals surface area contributed by atoms with Crippen LogP contribution in [0.4, 0.5) is 0 Å². The standard InChI is InChI=1S/C22H22BrNO3/c1-15-7-9-18(13-16(15)2)26-12-11-24-21(25)14-27-20-10-8-17-5-3-4-6-19(17)22(20)23/h3-10,13H,11-12,14H2,1-2H3,(H,24,25). The molecular formula is C22H22BrNO3. The van der Waals surface area contributed by atoms with Crippen LogP contribution in [0.5, 0.6) is 11.5 Å². The zero-order valence-electron chi connectivity index (χ0n) is 15.4. The van der Waals surface area contributed by atoms with Crippen molar-refractivity contribution in [1.29, 1.82) is 0 Å². The Morgan fingerprint density at radius 3 is 2.63 bits per heavy atom. The predicted molar refractivity (Wildman–Crippen MR) is 112 cm³/mol. The molecule has 0 bridgehead atoms. The lowest BCUT2D eigenvalue weighted by Gasteiger charge is -2.11. The number of benzene rings is 3. The van der Waals surface area contributed by atoms with Gasteiger partial charge in [-0.25, -0.2) is 0 Å². The summed E-state index contributed by atoms with van der Waals surface area (Å²) in [5.74, 6) is 1.28. The van der Waals surface area contributed by atoms with Crippen molar-refractivity contribution >= 4 is 32.6 Å². The van der Waals surface area contributed by atoms with Crippen molar-refractivity contribution in [3.63, 3.8) is 0 Å². The number of rotatable bonds is 7. The van der Waals surface area contributed by atoms with Crippen molar-refractivity contribution in [2.75, 3.05) is 19.8 Å². The Bertz CT molecular complexity index is 955. The van der Waals surface area contributed by atoms with Crippen molar-refractivity contribution in [3.8, 4) is 11.5 Å². The van der Waals surface area contributed by atoms with Crippen LogP contribution in [0, 0.1) is 13.8 Å². The van der Waals surface area contributed by atoms with E-state index in [1.54, 1.807) is 0 Å². The minimum absolute atomic E-state index is 0.0411. The Labute approximate surface area is 167 Å². The quantitative estimate of drug-likeness (QED) is 0.551. The first-order chi connectivity index (χ1) is 13.0. The summed E-state index contributed by atoms with van der Waals surface area (Å²) < 4.78 is 12.2. The van der Waals surface area contributed by atoms with Gasteiger partial charge in [0.1, 0.15) is 18.1 Å². The molecule has 4 nitrogen and oxygen atoms in total. The molecule has 140 valence electrons. The molecule has 0 unspecified atom stereocenters. The molecule has 0 spiro atoms. The van der Waals surface area contributed by atoms with Crippen molar-refractivity contribution in [3.05, 3.63) is 70.2 Å². The Morgan fingerprint density at radius 2 is 1.81 bits per heavy atom. The molecule has 0 heterocycles. The molecule has 0 fully saturated rings. The molecule has 0 aliphatic carbocycles. The highest BCUT2D eigenvalue weighted by Crippen LogP contribution is 2.32. The summed E-state index contributed by atoms with van der Waals surface area (Å²) in [7, 11) is 0. The van der Waals surface area contributed by atoms with Crippen LogP contribution in [0.25, 0.3) is 10.8 Å². The van der Waals surface area contributed by atoms with Gasteiger partial charge in [-0.05, 0) is 69.9 Å². The largest absolute Gasteiger partial charge is 0.492 e. The zero-order chi connectivity index (χ0) is 19.2. The number of fused-ring (bicyclic) bond motifs is 1. The predicted octanol–water partition coefficient (Wildman–Crippen LogP) is 4.79. The third-order valence-corrected chi connectivity index (χ3v) is 5.18. The van der Waals surface area contributed by atoms with E-state index in [9.17, 15) is 4.79 Å². The third kappa shape index (κ3) is 5.01. The second kappa shape index (κ2) is 8.91. The van der Waals surface area contributed by atoms with Gasteiger partial charge in [0.05, 0.1) is 11.0 Å². The van der Waals surface area contributed by atoms with Gasteiger partial charge in [-0.1, -0.05) is 36.4 Å². The molecule has 0 aliphatic heterocycles. The van der Waals surface area contributed by atoms with Gasteiger partial charge < -0.3 is 14.8 Å². The summed E-state index contributed by atoms with van der Waals surface area (Å²) in [4.78, 5) is 12.0. The van der Waals surface area contributed by atoms with Crippen LogP contribution >= 0.6 is 15.9 Å². The van der Waals surface area contributed by atoms with Crippen molar-refractivity contribution < 1.29 is 14.3 Å². The maximum Gasteiger partial charge on any atom is 0.258 e. The maximum atomic E-state index is 12.0. The Kier molecular flexibility index (Phi) is 6.35. The van der Waals surface area contributed by atoms with Gasteiger partial charge in [0.15, 0.2) is 6.61 Å². The molecule has 1 N–H and O–H groups in total. The lowest BCUT2D eigenvalue weighted by molar-refractivity contribution is -0.123. The average Bonchev–Trinajstić information content (AvgIpc) is 2.67. The van der Waals surface area contributed by atoms with Gasteiger partial charge in [0, 0.05) is 0 Å².